The average molecular weight is 336 g/mol. The van der Waals surface area contributed by atoms with Crippen molar-refractivity contribution >= 4 is 21.7 Å². The third-order valence-electron chi connectivity index (χ3n) is 2.85. The van der Waals surface area contributed by atoms with E-state index in [1.165, 1.54) is 0 Å². The lowest BCUT2D eigenvalue weighted by atomic mass is 10.1. The van der Waals surface area contributed by atoms with Crippen molar-refractivity contribution in [1.82, 2.24) is 9.97 Å². The number of aromatic nitrogens is 2. The van der Waals surface area contributed by atoms with Crippen LogP contribution in [0.25, 0.3) is 11.4 Å². The first-order chi connectivity index (χ1) is 9.63. The first-order valence-corrected chi connectivity index (χ1v) is 7.30. The van der Waals surface area contributed by atoms with Crippen LogP contribution < -0.4 is 5.32 Å². The average Bonchev–Trinajstić information content (AvgIpc) is 2.42. The topological polar surface area (TPSA) is 47.0 Å². The minimum atomic E-state index is 0.476. The minimum absolute atomic E-state index is 0.476. The van der Waals surface area contributed by atoms with Crippen LogP contribution in [-0.2, 0) is 11.3 Å². The summed E-state index contributed by atoms with van der Waals surface area (Å²) < 4.78 is 6.25. The van der Waals surface area contributed by atoms with E-state index in [0.29, 0.717) is 12.4 Å². The number of hydrogen-bond acceptors (Lipinski definition) is 4. The number of anilines is 1. The van der Waals surface area contributed by atoms with Crippen molar-refractivity contribution in [2.45, 2.75) is 20.5 Å². The second-order valence-corrected chi connectivity index (χ2v) is 5.35. The minimum Gasteiger partial charge on any atom is -0.378 e. The Balaban J connectivity index is 2.45. The maximum atomic E-state index is 5.17. The van der Waals surface area contributed by atoms with Gasteiger partial charge in [-0.2, -0.15) is 0 Å². The molecular formula is C15H18BrN3O. The Morgan fingerprint density at radius 2 is 2.05 bits per heavy atom. The Morgan fingerprint density at radius 3 is 2.70 bits per heavy atom. The summed E-state index contributed by atoms with van der Waals surface area (Å²) in [7, 11) is 1.67. The van der Waals surface area contributed by atoms with Crippen LogP contribution in [0.3, 0.4) is 0 Å². The molecule has 0 aliphatic heterocycles. The predicted octanol–water partition coefficient (Wildman–Crippen LogP) is 3.79. The van der Waals surface area contributed by atoms with E-state index in [1.807, 2.05) is 25.1 Å². The first-order valence-electron chi connectivity index (χ1n) is 6.51. The summed E-state index contributed by atoms with van der Waals surface area (Å²) >= 11 is 3.51. The number of aryl methyl sites for hydroxylation is 1. The van der Waals surface area contributed by atoms with E-state index in [9.17, 15) is 0 Å². The van der Waals surface area contributed by atoms with Gasteiger partial charge < -0.3 is 10.1 Å². The van der Waals surface area contributed by atoms with Gasteiger partial charge in [-0.05, 0) is 31.5 Å². The van der Waals surface area contributed by atoms with Crippen LogP contribution >= 0.6 is 15.9 Å². The molecule has 0 radical (unpaired) electrons. The summed E-state index contributed by atoms with van der Waals surface area (Å²) in [6, 6.07) is 8.02. The lowest BCUT2D eigenvalue weighted by Crippen LogP contribution is -2.04. The van der Waals surface area contributed by atoms with E-state index in [1.54, 1.807) is 7.11 Å². The quantitative estimate of drug-likeness (QED) is 0.902. The number of nitrogens with zero attached hydrogens (tertiary/aromatic N) is 2. The van der Waals surface area contributed by atoms with Crippen molar-refractivity contribution in [3.63, 3.8) is 0 Å². The van der Waals surface area contributed by atoms with Crippen LogP contribution in [-0.4, -0.2) is 23.6 Å². The molecule has 20 heavy (non-hydrogen) atoms. The van der Waals surface area contributed by atoms with Gasteiger partial charge in [-0.3, -0.25) is 0 Å². The molecule has 1 heterocycles. The molecule has 1 N–H and O–H groups in total. The molecule has 1 aromatic heterocycles. The number of rotatable bonds is 5. The fourth-order valence-electron chi connectivity index (χ4n) is 1.90. The number of halogens is 1. The van der Waals surface area contributed by atoms with E-state index in [4.69, 9.17) is 4.74 Å². The molecule has 0 amide bonds. The van der Waals surface area contributed by atoms with Gasteiger partial charge in [-0.25, -0.2) is 9.97 Å². The number of methoxy groups -OCH3 is 1. The van der Waals surface area contributed by atoms with E-state index < -0.39 is 0 Å². The molecule has 0 bridgehead atoms. The summed E-state index contributed by atoms with van der Waals surface area (Å²) in [5.41, 5.74) is 3.03. The van der Waals surface area contributed by atoms with E-state index in [0.717, 1.165) is 33.7 Å². The highest BCUT2D eigenvalue weighted by atomic mass is 79.9. The SMILES string of the molecule is CCNc1cc(COC)nc(-c2ccc(Br)c(C)c2)n1. The number of ether oxygens (including phenoxy) is 1. The van der Waals surface area contributed by atoms with Crippen LogP contribution in [0.1, 0.15) is 18.2 Å². The standard InChI is InChI=1S/C15H18BrN3O/c1-4-17-14-8-12(9-20-3)18-15(19-14)11-5-6-13(16)10(2)7-11/h5-8H,4,9H2,1-3H3,(H,17,18,19). The third kappa shape index (κ3) is 3.55. The fourth-order valence-corrected chi connectivity index (χ4v) is 2.15. The molecule has 2 rings (SSSR count). The number of hydrogen-bond donors (Lipinski definition) is 1. The summed E-state index contributed by atoms with van der Waals surface area (Å²) in [5.74, 6) is 1.54. The van der Waals surface area contributed by atoms with Crippen LogP contribution in [0, 0.1) is 6.92 Å². The van der Waals surface area contributed by atoms with Crippen molar-refractivity contribution in [2.24, 2.45) is 0 Å². The molecule has 2 aromatic rings. The molecule has 0 spiro atoms. The summed E-state index contributed by atoms with van der Waals surface area (Å²) in [4.78, 5) is 9.11. The molecule has 0 aliphatic carbocycles. The highest BCUT2D eigenvalue weighted by Gasteiger charge is 2.08. The highest BCUT2D eigenvalue weighted by Crippen LogP contribution is 2.24. The van der Waals surface area contributed by atoms with E-state index in [-0.39, 0.29) is 0 Å². The number of nitrogens with one attached hydrogen (secondary N) is 1. The molecule has 0 fully saturated rings. The smallest absolute Gasteiger partial charge is 0.161 e. The van der Waals surface area contributed by atoms with Crippen LogP contribution in [0.4, 0.5) is 5.82 Å². The second kappa shape index (κ2) is 6.81. The van der Waals surface area contributed by atoms with Gasteiger partial charge in [0.2, 0.25) is 0 Å². The predicted molar refractivity (Wildman–Crippen MR) is 84.8 cm³/mol. The maximum Gasteiger partial charge on any atom is 0.161 e. The molecule has 4 nitrogen and oxygen atoms in total. The Kier molecular flexibility index (Phi) is 5.09. The second-order valence-electron chi connectivity index (χ2n) is 4.50. The lowest BCUT2D eigenvalue weighted by Gasteiger charge is -2.09. The Bertz CT molecular complexity index is 577. The van der Waals surface area contributed by atoms with E-state index >= 15 is 0 Å². The van der Waals surface area contributed by atoms with Crippen molar-refractivity contribution in [3.05, 3.63) is 40.0 Å². The Hall–Kier alpha value is -1.46. The van der Waals surface area contributed by atoms with Gasteiger partial charge in [-0.1, -0.05) is 22.0 Å². The summed E-state index contributed by atoms with van der Waals surface area (Å²) in [6.07, 6.45) is 0. The van der Waals surface area contributed by atoms with Crippen LogP contribution in [0.2, 0.25) is 0 Å². The lowest BCUT2D eigenvalue weighted by molar-refractivity contribution is 0.181. The summed E-state index contributed by atoms with van der Waals surface area (Å²) in [6.45, 7) is 5.39. The van der Waals surface area contributed by atoms with Crippen LogP contribution in [0.5, 0.6) is 0 Å². The normalized spacial score (nSPS) is 10.6. The number of benzene rings is 1. The van der Waals surface area contributed by atoms with Gasteiger partial charge in [0.1, 0.15) is 5.82 Å². The molecular weight excluding hydrogens is 318 g/mol. The van der Waals surface area contributed by atoms with Gasteiger partial charge >= 0.3 is 0 Å². The first kappa shape index (κ1) is 14.9. The fraction of sp³-hybridized carbons (Fsp3) is 0.333. The van der Waals surface area contributed by atoms with Gasteiger partial charge in [0.25, 0.3) is 0 Å². The zero-order valence-electron chi connectivity index (χ0n) is 11.9. The monoisotopic (exact) mass is 335 g/mol. The summed E-state index contributed by atoms with van der Waals surface area (Å²) in [5, 5.41) is 3.23. The van der Waals surface area contributed by atoms with Crippen molar-refractivity contribution in [1.29, 1.82) is 0 Å². The molecule has 0 atom stereocenters. The van der Waals surface area contributed by atoms with Crippen molar-refractivity contribution < 1.29 is 4.74 Å². The molecule has 0 saturated carbocycles. The molecule has 0 saturated heterocycles. The van der Waals surface area contributed by atoms with Crippen molar-refractivity contribution in [3.8, 4) is 11.4 Å². The maximum absolute atomic E-state index is 5.17. The molecule has 106 valence electrons. The largest absolute Gasteiger partial charge is 0.378 e. The molecule has 1 aromatic carbocycles. The highest BCUT2D eigenvalue weighted by molar-refractivity contribution is 9.10. The van der Waals surface area contributed by atoms with Gasteiger partial charge in [0, 0.05) is 29.8 Å². The molecule has 0 unspecified atom stereocenters. The zero-order chi connectivity index (χ0) is 14.5. The molecule has 0 aliphatic rings. The van der Waals surface area contributed by atoms with E-state index in [2.05, 4.69) is 44.2 Å². The third-order valence-corrected chi connectivity index (χ3v) is 3.74. The van der Waals surface area contributed by atoms with Gasteiger partial charge in [-0.15, -0.1) is 0 Å². The van der Waals surface area contributed by atoms with Crippen LogP contribution in [0.15, 0.2) is 28.7 Å². The van der Waals surface area contributed by atoms with Crippen molar-refractivity contribution in [2.75, 3.05) is 19.0 Å². The zero-order valence-corrected chi connectivity index (χ0v) is 13.5. The Morgan fingerprint density at radius 1 is 1.25 bits per heavy atom. The van der Waals surface area contributed by atoms with Gasteiger partial charge in [0.05, 0.1) is 12.3 Å². The molecule has 5 heteroatoms. The Labute approximate surface area is 127 Å². The van der Waals surface area contributed by atoms with Gasteiger partial charge in [0.15, 0.2) is 5.82 Å².